The highest BCUT2D eigenvalue weighted by atomic mass is 16.2. The van der Waals surface area contributed by atoms with Crippen molar-refractivity contribution in [3.8, 4) is 0 Å². The van der Waals surface area contributed by atoms with Crippen LogP contribution in [0.25, 0.3) is 0 Å². The van der Waals surface area contributed by atoms with Gasteiger partial charge in [0.2, 0.25) is 11.8 Å². The number of hydrogen-bond acceptors (Lipinski definition) is 4. The van der Waals surface area contributed by atoms with E-state index in [2.05, 4.69) is 48.0 Å². The fourth-order valence-corrected chi connectivity index (χ4v) is 4.89. The summed E-state index contributed by atoms with van der Waals surface area (Å²) >= 11 is 0. The molecule has 5 nitrogen and oxygen atoms in total. The van der Waals surface area contributed by atoms with Gasteiger partial charge >= 0.3 is 0 Å². The van der Waals surface area contributed by atoms with E-state index in [4.69, 9.17) is 0 Å². The van der Waals surface area contributed by atoms with Crippen molar-refractivity contribution in [2.45, 2.75) is 25.3 Å². The second kappa shape index (κ2) is 5.31. The lowest BCUT2D eigenvalue weighted by atomic mass is 9.74. The molecular weight excluding hydrogens is 302 g/mol. The maximum Gasteiger partial charge on any atom is 0.235 e. The molecule has 3 saturated heterocycles. The third-order valence-electron chi connectivity index (χ3n) is 6.34. The van der Waals surface area contributed by atoms with Gasteiger partial charge in [0.05, 0.1) is 17.4 Å². The summed E-state index contributed by atoms with van der Waals surface area (Å²) in [6.07, 6.45) is 1.87. The Morgan fingerprint density at radius 2 is 1.62 bits per heavy atom. The van der Waals surface area contributed by atoms with Gasteiger partial charge in [-0.2, -0.15) is 0 Å². The van der Waals surface area contributed by atoms with E-state index in [1.807, 2.05) is 0 Å². The number of benzene rings is 1. The maximum atomic E-state index is 12.8. The highest BCUT2D eigenvalue weighted by Crippen LogP contribution is 2.51. The fraction of sp³-hybridized carbons (Fsp3) is 0.579. The Labute approximate surface area is 143 Å². The van der Waals surface area contributed by atoms with Crippen molar-refractivity contribution < 1.29 is 9.59 Å². The van der Waals surface area contributed by atoms with Gasteiger partial charge in [-0.05, 0) is 38.9 Å². The standard InChI is InChI=1S/C19H25N3O2/c1-13-4-6-14(7-5-13)22-12-15-16(18(24)21(3)17(15)23)19(22)8-10-20(2)11-9-19/h4-7,15-16H,8-12H2,1-3H3. The minimum Gasteiger partial charge on any atom is -0.364 e. The topological polar surface area (TPSA) is 43.9 Å². The number of fused-ring (bicyclic) bond motifs is 2. The first-order chi connectivity index (χ1) is 11.4. The molecule has 1 spiro atoms. The first kappa shape index (κ1) is 15.6. The Kier molecular flexibility index (Phi) is 3.46. The molecule has 0 aliphatic carbocycles. The van der Waals surface area contributed by atoms with Crippen LogP contribution in [0.15, 0.2) is 24.3 Å². The van der Waals surface area contributed by atoms with Gasteiger partial charge < -0.3 is 9.80 Å². The number of piperidine rings is 1. The molecule has 4 rings (SSSR count). The Hall–Kier alpha value is -1.88. The largest absolute Gasteiger partial charge is 0.364 e. The molecule has 0 saturated carbocycles. The van der Waals surface area contributed by atoms with Crippen LogP contribution in [-0.2, 0) is 9.59 Å². The zero-order valence-electron chi connectivity index (χ0n) is 14.7. The third-order valence-corrected chi connectivity index (χ3v) is 6.34. The second-order valence-electron chi connectivity index (χ2n) is 7.67. The van der Waals surface area contributed by atoms with Gasteiger partial charge in [-0.25, -0.2) is 0 Å². The number of nitrogens with zero attached hydrogens (tertiary/aromatic N) is 3. The van der Waals surface area contributed by atoms with Crippen molar-refractivity contribution in [2.24, 2.45) is 11.8 Å². The first-order valence-corrected chi connectivity index (χ1v) is 8.78. The Morgan fingerprint density at radius 1 is 1.00 bits per heavy atom. The molecule has 0 bridgehead atoms. The quantitative estimate of drug-likeness (QED) is 0.734. The van der Waals surface area contributed by atoms with Crippen molar-refractivity contribution in [2.75, 3.05) is 38.6 Å². The first-order valence-electron chi connectivity index (χ1n) is 8.78. The fourth-order valence-electron chi connectivity index (χ4n) is 4.89. The Morgan fingerprint density at radius 3 is 2.25 bits per heavy atom. The van der Waals surface area contributed by atoms with Crippen molar-refractivity contribution in [3.05, 3.63) is 29.8 Å². The van der Waals surface area contributed by atoms with Crippen molar-refractivity contribution in [1.82, 2.24) is 9.80 Å². The lowest BCUT2D eigenvalue weighted by Crippen LogP contribution is -2.57. The van der Waals surface area contributed by atoms with E-state index < -0.39 is 0 Å². The minimum atomic E-state index is -0.218. The molecule has 0 N–H and O–H groups in total. The van der Waals surface area contributed by atoms with Crippen molar-refractivity contribution in [1.29, 1.82) is 0 Å². The van der Waals surface area contributed by atoms with Crippen molar-refractivity contribution >= 4 is 17.5 Å². The Bertz CT molecular complexity index is 676. The molecule has 0 radical (unpaired) electrons. The lowest BCUT2D eigenvalue weighted by molar-refractivity contribution is -0.139. The van der Waals surface area contributed by atoms with Gasteiger partial charge in [0.15, 0.2) is 0 Å². The van der Waals surface area contributed by atoms with Gasteiger partial charge in [-0.1, -0.05) is 17.7 Å². The molecule has 3 aliphatic heterocycles. The molecule has 3 heterocycles. The summed E-state index contributed by atoms with van der Waals surface area (Å²) < 4.78 is 0. The van der Waals surface area contributed by atoms with Gasteiger partial charge in [0.25, 0.3) is 0 Å². The average Bonchev–Trinajstić information content (AvgIpc) is 3.01. The zero-order valence-corrected chi connectivity index (χ0v) is 14.7. The van der Waals surface area contributed by atoms with Crippen molar-refractivity contribution in [3.63, 3.8) is 0 Å². The number of aryl methyl sites for hydroxylation is 1. The summed E-state index contributed by atoms with van der Waals surface area (Å²) in [5.74, 6) is -0.362. The van der Waals surface area contributed by atoms with Crippen LogP contribution in [0.1, 0.15) is 18.4 Å². The van der Waals surface area contributed by atoms with Crippen LogP contribution in [0.5, 0.6) is 0 Å². The molecule has 24 heavy (non-hydrogen) atoms. The predicted octanol–water partition coefficient (Wildman–Crippen LogP) is 1.51. The summed E-state index contributed by atoms with van der Waals surface area (Å²) in [6.45, 7) is 4.68. The number of carbonyl (C=O) groups is 2. The smallest absolute Gasteiger partial charge is 0.235 e. The average molecular weight is 327 g/mol. The molecular formula is C19H25N3O2. The predicted molar refractivity (Wildman–Crippen MR) is 92.7 cm³/mol. The number of amides is 2. The lowest BCUT2D eigenvalue weighted by Gasteiger charge is -2.47. The molecule has 2 amide bonds. The molecule has 3 fully saturated rings. The van der Waals surface area contributed by atoms with Gasteiger partial charge in [-0.3, -0.25) is 14.5 Å². The van der Waals surface area contributed by atoms with Gasteiger partial charge in [0, 0.05) is 32.4 Å². The molecule has 2 atom stereocenters. The molecule has 3 aliphatic rings. The summed E-state index contributed by atoms with van der Waals surface area (Å²) in [5, 5.41) is 0. The Balaban J connectivity index is 1.78. The number of imide groups is 1. The van der Waals surface area contributed by atoms with Crippen LogP contribution < -0.4 is 4.90 Å². The van der Waals surface area contributed by atoms with Crippen LogP contribution in [0.2, 0.25) is 0 Å². The molecule has 0 aromatic heterocycles. The number of hydrogen-bond donors (Lipinski definition) is 0. The summed E-state index contributed by atoms with van der Waals surface area (Å²) in [7, 11) is 3.77. The molecule has 5 heteroatoms. The van der Waals surface area contributed by atoms with E-state index >= 15 is 0 Å². The maximum absolute atomic E-state index is 12.8. The van der Waals surface area contributed by atoms with Crippen LogP contribution in [-0.4, -0.2) is 60.9 Å². The zero-order chi connectivity index (χ0) is 17.1. The van der Waals surface area contributed by atoms with E-state index in [0.717, 1.165) is 31.6 Å². The number of carbonyl (C=O) groups excluding carboxylic acids is 2. The van der Waals surface area contributed by atoms with Crippen LogP contribution in [0.4, 0.5) is 5.69 Å². The summed E-state index contributed by atoms with van der Waals surface area (Å²) in [5.41, 5.74) is 2.15. The molecule has 128 valence electrons. The van der Waals surface area contributed by atoms with E-state index in [9.17, 15) is 9.59 Å². The minimum absolute atomic E-state index is 0.00193. The summed E-state index contributed by atoms with van der Waals surface area (Å²) in [4.78, 5) is 31.5. The van der Waals surface area contributed by atoms with E-state index in [0.29, 0.717) is 6.54 Å². The molecule has 2 unspecified atom stereocenters. The normalized spacial score (nSPS) is 29.6. The highest BCUT2D eigenvalue weighted by Gasteiger charge is 2.64. The van der Waals surface area contributed by atoms with Crippen LogP contribution in [0.3, 0.4) is 0 Å². The highest BCUT2D eigenvalue weighted by molar-refractivity contribution is 6.07. The van der Waals surface area contributed by atoms with Crippen LogP contribution in [0, 0.1) is 18.8 Å². The van der Waals surface area contributed by atoms with E-state index in [1.165, 1.54) is 10.5 Å². The van der Waals surface area contributed by atoms with Gasteiger partial charge in [-0.15, -0.1) is 0 Å². The SMILES string of the molecule is Cc1ccc(N2CC3C(=O)N(C)C(=O)C3C23CCN(C)CC3)cc1. The van der Waals surface area contributed by atoms with Gasteiger partial charge in [0.1, 0.15) is 0 Å². The molecule has 1 aromatic carbocycles. The molecule has 1 aromatic rings. The second-order valence-corrected chi connectivity index (χ2v) is 7.67. The number of likely N-dealkylation sites (tertiary alicyclic amines) is 2. The third kappa shape index (κ3) is 2.04. The van der Waals surface area contributed by atoms with E-state index in [1.54, 1.807) is 7.05 Å². The van der Waals surface area contributed by atoms with E-state index in [-0.39, 0.29) is 29.2 Å². The number of anilines is 1. The summed E-state index contributed by atoms with van der Waals surface area (Å²) in [6, 6.07) is 8.49. The monoisotopic (exact) mass is 327 g/mol. The van der Waals surface area contributed by atoms with Crippen LogP contribution >= 0.6 is 0 Å². The number of rotatable bonds is 1.